The van der Waals surface area contributed by atoms with E-state index in [4.69, 9.17) is 11.5 Å². The van der Waals surface area contributed by atoms with Crippen LogP contribution < -0.4 is 11.5 Å². The molecule has 4 N–H and O–H groups in total. The SMILES string of the molecule is Nc1ccc2c(c1)C(=Cc1ccncc1)c1cc(N)ccc1-2. The predicted molar refractivity (Wildman–Crippen MR) is 91.9 cm³/mol. The molecule has 0 fully saturated rings. The van der Waals surface area contributed by atoms with Crippen LogP contribution in [0.25, 0.3) is 22.8 Å². The number of pyridine rings is 1. The molecule has 2 aromatic carbocycles. The second kappa shape index (κ2) is 4.74. The number of hydrogen-bond donors (Lipinski definition) is 2. The van der Waals surface area contributed by atoms with Crippen LogP contribution in [0.2, 0.25) is 0 Å². The van der Waals surface area contributed by atoms with E-state index in [9.17, 15) is 0 Å². The summed E-state index contributed by atoms with van der Waals surface area (Å²) in [7, 11) is 0. The molecule has 22 heavy (non-hydrogen) atoms. The first kappa shape index (κ1) is 12.7. The number of nitrogens with two attached hydrogens (primary N) is 2. The van der Waals surface area contributed by atoms with Crippen molar-refractivity contribution in [3.8, 4) is 11.1 Å². The summed E-state index contributed by atoms with van der Waals surface area (Å²) in [6, 6.07) is 16.1. The maximum Gasteiger partial charge on any atom is 0.0320 e. The van der Waals surface area contributed by atoms with Gasteiger partial charge in [0.2, 0.25) is 0 Å². The largest absolute Gasteiger partial charge is 0.399 e. The summed E-state index contributed by atoms with van der Waals surface area (Å²) in [5, 5.41) is 0. The second-order valence-electron chi connectivity index (χ2n) is 5.45. The monoisotopic (exact) mass is 285 g/mol. The molecule has 1 heterocycles. The van der Waals surface area contributed by atoms with Crippen molar-refractivity contribution < 1.29 is 0 Å². The van der Waals surface area contributed by atoms with Gasteiger partial charge < -0.3 is 11.5 Å². The van der Waals surface area contributed by atoms with Gasteiger partial charge in [0, 0.05) is 23.8 Å². The Morgan fingerprint density at radius 1 is 0.682 bits per heavy atom. The Labute approximate surface area is 128 Å². The van der Waals surface area contributed by atoms with Gasteiger partial charge >= 0.3 is 0 Å². The number of rotatable bonds is 1. The maximum absolute atomic E-state index is 5.99. The molecule has 4 rings (SSSR count). The molecule has 0 aliphatic heterocycles. The Hall–Kier alpha value is -3.07. The maximum atomic E-state index is 5.99. The van der Waals surface area contributed by atoms with Gasteiger partial charge in [-0.1, -0.05) is 12.1 Å². The molecule has 1 aliphatic carbocycles. The number of hydrogen-bond acceptors (Lipinski definition) is 3. The molecule has 3 heteroatoms. The summed E-state index contributed by atoms with van der Waals surface area (Å²) >= 11 is 0. The topological polar surface area (TPSA) is 64.9 Å². The van der Waals surface area contributed by atoms with E-state index in [2.05, 4.69) is 23.2 Å². The van der Waals surface area contributed by atoms with E-state index in [1.54, 1.807) is 12.4 Å². The Morgan fingerprint density at radius 3 is 1.77 bits per heavy atom. The van der Waals surface area contributed by atoms with Gasteiger partial charge in [0.05, 0.1) is 0 Å². The van der Waals surface area contributed by atoms with Crippen LogP contribution >= 0.6 is 0 Å². The van der Waals surface area contributed by atoms with Crippen molar-refractivity contribution in [1.29, 1.82) is 0 Å². The molecule has 0 atom stereocenters. The molecular formula is C19H15N3. The van der Waals surface area contributed by atoms with E-state index >= 15 is 0 Å². The summed E-state index contributed by atoms with van der Waals surface area (Å²) in [5.74, 6) is 0. The summed E-state index contributed by atoms with van der Waals surface area (Å²) < 4.78 is 0. The predicted octanol–water partition coefficient (Wildman–Crippen LogP) is 3.82. The van der Waals surface area contributed by atoms with Gasteiger partial charge in [-0.3, -0.25) is 4.98 Å². The van der Waals surface area contributed by atoms with Crippen molar-refractivity contribution in [3.05, 3.63) is 77.6 Å². The summed E-state index contributed by atoms with van der Waals surface area (Å²) in [6.07, 6.45) is 5.75. The van der Waals surface area contributed by atoms with Gasteiger partial charge in [-0.05, 0) is 75.9 Å². The van der Waals surface area contributed by atoms with E-state index < -0.39 is 0 Å². The van der Waals surface area contributed by atoms with Crippen molar-refractivity contribution in [2.75, 3.05) is 11.5 Å². The first-order chi connectivity index (χ1) is 10.7. The van der Waals surface area contributed by atoms with Gasteiger partial charge in [-0.2, -0.15) is 0 Å². The fourth-order valence-electron chi connectivity index (χ4n) is 2.97. The number of aromatic nitrogens is 1. The fourth-order valence-corrected chi connectivity index (χ4v) is 2.97. The lowest BCUT2D eigenvalue weighted by Crippen LogP contribution is -1.88. The van der Waals surface area contributed by atoms with Crippen molar-refractivity contribution in [3.63, 3.8) is 0 Å². The van der Waals surface area contributed by atoms with Gasteiger partial charge in [0.15, 0.2) is 0 Å². The molecule has 3 aromatic rings. The Kier molecular flexibility index (Phi) is 2.73. The molecule has 0 saturated heterocycles. The van der Waals surface area contributed by atoms with E-state index in [-0.39, 0.29) is 0 Å². The van der Waals surface area contributed by atoms with Crippen LogP contribution in [-0.2, 0) is 0 Å². The normalized spacial score (nSPS) is 11.9. The molecule has 0 spiro atoms. The zero-order valence-corrected chi connectivity index (χ0v) is 12.0. The van der Waals surface area contributed by atoms with Crippen molar-refractivity contribution >= 4 is 23.0 Å². The summed E-state index contributed by atoms with van der Waals surface area (Å²) in [5.41, 5.74) is 20.5. The highest BCUT2D eigenvalue weighted by atomic mass is 14.6. The van der Waals surface area contributed by atoms with Crippen LogP contribution in [0, 0.1) is 0 Å². The molecule has 1 aromatic heterocycles. The molecule has 1 aliphatic rings. The Bertz CT molecular complexity index is 842. The number of nitrogens with zero attached hydrogens (tertiary/aromatic N) is 1. The lowest BCUT2D eigenvalue weighted by molar-refractivity contribution is 1.32. The van der Waals surface area contributed by atoms with Crippen LogP contribution in [-0.4, -0.2) is 4.98 Å². The van der Waals surface area contributed by atoms with Crippen molar-refractivity contribution in [2.24, 2.45) is 0 Å². The van der Waals surface area contributed by atoms with E-state index in [1.165, 1.54) is 11.1 Å². The summed E-state index contributed by atoms with van der Waals surface area (Å²) in [6.45, 7) is 0. The van der Waals surface area contributed by atoms with Crippen LogP contribution in [0.1, 0.15) is 16.7 Å². The van der Waals surface area contributed by atoms with Crippen LogP contribution in [0.15, 0.2) is 60.9 Å². The lowest BCUT2D eigenvalue weighted by Gasteiger charge is -2.05. The molecule has 0 saturated carbocycles. The second-order valence-corrected chi connectivity index (χ2v) is 5.45. The van der Waals surface area contributed by atoms with Crippen LogP contribution in [0.4, 0.5) is 11.4 Å². The molecule has 0 radical (unpaired) electrons. The minimum absolute atomic E-state index is 0.764. The number of anilines is 2. The third kappa shape index (κ3) is 1.95. The molecule has 0 bridgehead atoms. The minimum Gasteiger partial charge on any atom is -0.399 e. The molecule has 0 amide bonds. The zero-order chi connectivity index (χ0) is 15.1. The smallest absolute Gasteiger partial charge is 0.0320 e. The number of benzene rings is 2. The van der Waals surface area contributed by atoms with Crippen LogP contribution in [0.5, 0.6) is 0 Å². The average molecular weight is 285 g/mol. The number of nitrogen functional groups attached to an aromatic ring is 2. The Morgan fingerprint density at radius 2 is 1.23 bits per heavy atom. The molecular weight excluding hydrogens is 270 g/mol. The molecule has 3 nitrogen and oxygen atoms in total. The van der Waals surface area contributed by atoms with E-state index in [0.29, 0.717) is 0 Å². The lowest BCUT2D eigenvalue weighted by atomic mass is 10.0. The molecule has 106 valence electrons. The fraction of sp³-hybridized carbons (Fsp3) is 0. The van der Waals surface area contributed by atoms with Crippen molar-refractivity contribution in [2.45, 2.75) is 0 Å². The quantitative estimate of drug-likeness (QED) is 0.523. The number of fused-ring (bicyclic) bond motifs is 3. The van der Waals surface area contributed by atoms with Crippen LogP contribution in [0.3, 0.4) is 0 Å². The highest BCUT2D eigenvalue weighted by molar-refractivity contribution is 6.07. The standard InChI is InChI=1S/C19H15N3/c20-13-1-3-15-16-4-2-14(21)11-19(16)17(18(15)10-13)9-12-5-7-22-8-6-12/h1-11H,20-21H2. The summed E-state index contributed by atoms with van der Waals surface area (Å²) in [4.78, 5) is 4.07. The van der Waals surface area contributed by atoms with Gasteiger partial charge in [0.25, 0.3) is 0 Å². The highest BCUT2D eigenvalue weighted by Gasteiger charge is 2.23. The van der Waals surface area contributed by atoms with Gasteiger partial charge in [0.1, 0.15) is 0 Å². The van der Waals surface area contributed by atoms with Gasteiger partial charge in [-0.25, -0.2) is 0 Å². The molecule has 0 unspecified atom stereocenters. The average Bonchev–Trinajstić information content (AvgIpc) is 2.81. The Balaban J connectivity index is 2.00. The van der Waals surface area contributed by atoms with Crippen molar-refractivity contribution in [1.82, 2.24) is 4.98 Å². The first-order valence-electron chi connectivity index (χ1n) is 7.14. The minimum atomic E-state index is 0.764. The van der Waals surface area contributed by atoms with Gasteiger partial charge in [-0.15, -0.1) is 0 Å². The first-order valence-corrected chi connectivity index (χ1v) is 7.14. The third-order valence-corrected chi connectivity index (χ3v) is 3.97. The highest BCUT2D eigenvalue weighted by Crippen LogP contribution is 2.46. The zero-order valence-electron chi connectivity index (χ0n) is 12.0. The van der Waals surface area contributed by atoms with E-state index in [1.807, 2.05) is 36.4 Å². The van der Waals surface area contributed by atoms with E-state index in [0.717, 1.165) is 33.6 Å². The third-order valence-electron chi connectivity index (χ3n) is 3.97.